The predicted molar refractivity (Wildman–Crippen MR) is 124 cm³/mol. The number of aliphatic imine (C=N–C) groups is 1. The summed E-state index contributed by atoms with van der Waals surface area (Å²) in [7, 11) is 0. The molecule has 0 fully saturated rings. The monoisotopic (exact) mass is 469 g/mol. The Kier molecular flexibility index (Phi) is 5.06. The van der Waals surface area contributed by atoms with E-state index in [-0.39, 0.29) is 5.70 Å². The van der Waals surface area contributed by atoms with E-state index in [4.69, 9.17) is 9.84 Å². The van der Waals surface area contributed by atoms with Crippen LogP contribution in [-0.4, -0.2) is 21.6 Å². The maximum atomic E-state index is 12.5. The first-order valence-electron chi connectivity index (χ1n) is 9.66. The van der Waals surface area contributed by atoms with E-state index in [1.807, 2.05) is 91.1 Å². The first-order valence-corrected chi connectivity index (χ1v) is 10.5. The molecule has 0 bridgehead atoms. The van der Waals surface area contributed by atoms with Crippen molar-refractivity contribution in [3.8, 4) is 16.9 Å². The summed E-state index contributed by atoms with van der Waals surface area (Å²) >= 11 is 3.47. The number of cyclic esters (lactones) is 1. The highest BCUT2D eigenvalue weighted by Crippen LogP contribution is 2.28. The highest BCUT2D eigenvalue weighted by molar-refractivity contribution is 9.10. The van der Waals surface area contributed by atoms with Gasteiger partial charge in [0.05, 0.1) is 5.69 Å². The van der Waals surface area contributed by atoms with Gasteiger partial charge in [0.1, 0.15) is 5.69 Å². The summed E-state index contributed by atoms with van der Waals surface area (Å²) in [6.45, 7) is 0. The maximum absolute atomic E-state index is 12.5. The van der Waals surface area contributed by atoms with Crippen molar-refractivity contribution in [2.45, 2.75) is 0 Å². The summed E-state index contributed by atoms with van der Waals surface area (Å²) in [4.78, 5) is 16.9. The Morgan fingerprint density at radius 3 is 2.23 bits per heavy atom. The van der Waals surface area contributed by atoms with Crippen LogP contribution in [0, 0.1) is 0 Å². The Morgan fingerprint density at radius 2 is 1.52 bits per heavy atom. The van der Waals surface area contributed by atoms with Gasteiger partial charge in [0.15, 0.2) is 5.70 Å². The van der Waals surface area contributed by atoms with Crippen LogP contribution in [-0.2, 0) is 9.53 Å². The zero-order valence-electron chi connectivity index (χ0n) is 16.3. The van der Waals surface area contributed by atoms with Crippen molar-refractivity contribution < 1.29 is 9.53 Å². The first-order chi connectivity index (χ1) is 15.2. The van der Waals surface area contributed by atoms with Crippen LogP contribution in [0.3, 0.4) is 0 Å². The summed E-state index contributed by atoms with van der Waals surface area (Å²) in [5, 5.41) is 4.78. The number of rotatable bonds is 4. The molecule has 5 nitrogen and oxygen atoms in total. The largest absolute Gasteiger partial charge is 0.402 e. The molecule has 4 aromatic rings. The summed E-state index contributed by atoms with van der Waals surface area (Å²) in [5.74, 6) is -0.175. The molecule has 0 unspecified atom stereocenters. The van der Waals surface area contributed by atoms with Crippen molar-refractivity contribution >= 4 is 33.9 Å². The molecule has 0 aliphatic carbocycles. The van der Waals surface area contributed by atoms with Crippen LogP contribution in [0.1, 0.15) is 11.1 Å². The second kappa shape index (κ2) is 8.16. The Bertz CT molecular complexity index is 1310. The van der Waals surface area contributed by atoms with E-state index in [1.54, 1.807) is 10.8 Å². The van der Waals surface area contributed by atoms with E-state index in [2.05, 4.69) is 20.9 Å². The minimum Gasteiger partial charge on any atom is -0.402 e. The lowest BCUT2D eigenvalue weighted by Gasteiger charge is -2.01. The first kappa shape index (κ1) is 19.2. The SMILES string of the molecule is O=C1OC(c2ccccc2)=N/C1=C\c1cn(-c2ccccc2)nc1-c1ccc(Br)cc1. The van der Waals surface area contributed by atoms with Crippen LogP contribution in [0.2, 0.25) is 0 Å². The second-order valence-corrected chi connectivity index (χ2v) is 7.84. The van der Waals surface area contributed by atoms with Crippen molar-refractivity contribution in [3.05, 3.63) is 112 Å². The number of aromatic nitrogens is 2. The van der Waals surface area contributed by atoms with Crippen LogP contribution < -0.4 is 0 Å². The van der Waals surface area contributed by atoms with Crippen molar-refractivity contribution in [1.29, 1.82) is 0 Å². The summed E-state index contributed by atoms with van der Waals surface area (Å²) < 4.78 is 8.17. The van der Waals surface area contributed by atoms with Gasteiger partial charge < -0.3 is 4.74 Å². The highest BCUT2D eigenvalue weighted by Gasteiger charge is 2.25. The molecule has 0 spiro atoms. The lowest BCUT2D eigenvalue weighted by molar-refractivity contribution is -0.129. The molecule has 1 aromatic heterocycles. The van der Waals surface area contributed by atoms with E-state index < -0.39 is 5.97 Å². The zero-order valence-corrected chi connectivity index (χ0v) is 17.9. The van der Waals surface area contributed by atoms with E-state index >= 15 is 0 Å². The number of hydrogen-bond acceptors (Lipinski definition) is 4. The number of halogens is 1. The molecule has 0 amide bonds. The van der Waals surface area contributed by atoms with Crippen LogP contribution in [0.4, 0.5) is 0 Å². The fourth-order valence-electron chi connectivity index (χ4n) is 3.30. The molecular weight excluding hydrogens is 454 g/mol. The Hall–Kier alpha value is -3.77. The topological polar surface area (TPSA) is 56.5 Å². The average Bonchev–Trinajstić information content (AvgIpc) is 3.40. The van der Waals surface area contributed by atoms with E-state index in [0.717, 1.165) is 32.5 Å². The van der Waals surface area contributed by atoms with E-state index in [9.17, 15) is 4.79 Å². The molecule has 0 saturated heterocycles. The summed E-state index contributed by atoms with van der Waals surface area (Å²) in [5.41, 5.74) is 4.38. The van der Waals surface area contributed by atoms with E-state index in [0.29, 0.717) is 5.90 Å². The standard InChI is InChI=1S/C25H16BrN3O2/c26-20-13-11-17(12-14-20)23-19(16-29(28-23)21-9-5-2-6-10-21)15-22-25(30)31-24(27-22)18-7-3-1-4-8-18/h1-16H/b22-15-. The number of carbonyl (C=O) groups is 1. The smallest absolute Gasteiger partial charge is 0.363 e. The number of ether oxygens (including phenoxy) is 1. The molecule has 6 heteroatoms. The number of hydrogen-bond donors (Lipinski definition) is 0. The van der Waals surface area contributed by atoms with Gasteiger partial charge in [-0.2, -0.15) is 5.10 Å². The van der Waals surface area contributed by atoms with Gasteiger partial charge in [-0.15, -0.1) is 0 Å². The Labute approximate surface area is 187 Å². The van der Waals surface area contributed by atoms with Gasteiger partial charge >= 0.3 is 5.97 Å². The van der Waals surface area contributed by atoms with E-state index in [1.165, 1.54) is 0 Å². The van der Waals surface area contributed by atoms with Crippen molar-refractivity contribution in [2.24, 2.45) is 4.99 Å². The fourth-order valence-corrected chi connectivity index (χ4v) is 3.56. The third-order valence-electron chi connectivity index (χ3n) is 4.81. The van der Waals surface area contributed by atoms with Crippen LogP contribution in [0.5, 0.6) is 0 Å². The third-order valence-corrected chi connectivity index (χ3v) is 5.34. The summed E-state index contributed by atoms with van der Waals surface area (Å²) in [6.07, 6.45) is 3.62. The minimum absolute atomic E-state index is 0.241. The summed E-state index contributed by atoms with van der Waals surface area (Å²) in [6, 6.07) is 27.1. The fraction of sp³-hybridized carbons (Fsp3) is 0. The zero-order chi connectivity index (χ0) is 21.2. The normalized spacial score (nSPS) is 14.5. The maximum Gasteiger partial charge on any atom is 0.363 e. The molecule has 0 atom stereocenters. The second-order valence-electron chi connectivity index (χ2n) is 6.92. The lowest BCUT2D eigenvalue weighted by Crippen LogP contribution is -2.04. The van der Waals surface area contributed by atoms with Gasteiger partial charge in [0.25, 0.3) is 0 Å². The molecule has 0 saturated carbocycles. The van der Waals surface area contributed by atoms with Gasteiger partial charge in [-0.05, 0) is 42.5 Å². The molecule has 2 heterocycles. The molecule has 5 rings (SSSR count). The molecule has 3 aromatic carbocycles. The van der Waals surface area contributed by atoms with Crippen LogP contribution in [0.25, 0.3) is 23.0 Å². The quantitative estimate of drug-likeness (QED) is 0.286. The van der Waals surface area contributed by atoms with Gasteiger partial charge in [0.2, 0.25) is 5.90 Å². The number of carbonyl (C=O) groups excluding carboxylic acids is 1. The van der Waals surface area contributed by atoms with Gasteiger partial charge in [-0.25, -0.2) is 14.5 Å². The molecule has 150 valence electrons. The number of benzene rings is 3. The number of nitrogens with zero attached hydrogens (tertiary/aromatic N) is 3. The number of para-hydroxylation sites is 1. The van der Waals surface area contributed by atoms with Gasteiger partial charge in [0, 0.05) is 27.4 Å². The molecule has 1 aliphatic heterocycles. The van der Waals surface area contributed by atoms with Gasteiger partial charge in [-0.3, -0.25) is 0 Å². The minimum atomic E-state index is -0.479. The van der Waals surface area contributed by atoms with Crippen LogP contribution in [0.15, 0.2) is 106 Å². The number of esters is 1. The van der Waals surface area contributed by atoms with Crippen molar-refractivity contribution in [1.82, 2.24) is 9.78 Å². The lowest BCUT2D eigenvalue weighted by atomic mass is 10.1. The Morgan fingerprint density at radius 1 is 0.839 bits per heavy atom. The molecule has 1 aliphatic rings. The molecule has 31 heavy (non-hydrogen) atoms. The molecule has 0 radical (unpaired) electrons. The van der Waals surface area contributed by atoms with Gasteiger partial charge in [-0.1, -0.05) is 64.5 Å². The Balaban J connectivity index is 1.61. The van der Waals surface area contributed by atoms with Crippen molar-refractivity contribution in [2.75, 3.05) is 0 Å². The average molecular weight is 470 g/mol. The third kappa shape index (κ3) is 3.98. The van der Waals surface area contributed by atoms with Crippen LogP contribution >= 0.6 is 15.9 Å². The molecular formula is C25H16BrN3O2. The van der Waals surface area contributed by atoms with Crippen molar-refractivity contribution in [3.63, 3.8) is 0 Å². The molecule has 0 N–H and O–H groups in total. The predicted octanol–water partition coefficient (Wildman–Crippen LogP) is 5.65. The highest BCUT2D eigenvalue weighted by atomic mass is 79.9.